The predicted octanol–water partition coefficient (Wildman–Crippen LogP) is 3.20. The Kier molecular flexibility index (Phi) is 5.69. The molecule has 0 spiro atoms. The van der Waals surface area contributed by atoms with Crippen molar-refractivity contribution in [2.24, 2.45) is 5.73 Å². The summed E-state index contributed by atoms with van der Waals surface area (Å²) < 4.78 is 46.1. The molecule has 3 N–H and O–H groups in total. The maximum atomic E-state index is 12.4. The number of rotatable bonds is 6. The number of methoxy groups -OCH3 is 1. The molecule has 0 unspecified atom stereocenters. The van der Waals surface area contributed by atoms with E-state index in [0.717, 1.165) is 17.7 Å². The second-order valence-corrected chi connectivity index (χ2v) is 5.23. The van der Waals surface area contributed by atoms with Crippen molar-refractivity contribution in [3.05, 3.63) is 59.7 Å². The highest BCUT2D eigenvalue weighted by Crippen LogP contribution is 2.33. The van der Waals surface area contributed by atoms with Gasteiger partial charge in [-0.25, -0.2) is 0 Å². The summed E-state index contributed by atoms with van der Waals surface area (Å²) in [7, 11) is 1.37. The van der Waals surface area contributed by atoms with E-state index in [9.17, 15) is 18.3 Å². The van der Waals surface area contributed by atoms with E-state index in [2.05, 4.69) is 4.74 Å². The molecule has 2 rings (SSSR count). The third kappa shape index (κ3) is 4.87. The summed E-state index contributed by atoms with van der Waals surface area (Å²) in [6.45, 7) is 0. The van der Waals surface area contributed by atoms with Crippen LogP contribution in [0.4, 0.5) is 13.2 Å². The first-order chi connectivity index (χ1) is 11.3. The van der Waals surface area contributed by atoms with Crippen LogP contribution in [0.1, 0.15) is 17.2 Å². The summed E-state index contributed by atoms with van der Waals surface area (Å²) >= 11 is 0. The Morgan fingerprint density at radius 2 is 1.79 bits per heavy atom. The molecule has 0 radical (unpaired) electrons. The van der Waals surface area contributed by atoms with Crippen molar-refractivity contribution in [3.8, 4) is 11.5 Å². The van der Waals surface area contributed by atoms with Gasteiger partial charge in [0.15, 0.2) is 0 Å². The number of ether oxygens (including phenoxy) is 2. The van der Waals surface area contributed by atoms with Crippen molar-refractivity contribution >= 4 is 0 Å². The molecule has 0 aliphatic rings. The Balaban J connectivity index is 2.22. The first-order valence-electron chi connectivity index (χ1n) is 7.21. The Bertz CT molecular complexity index is 662. The molecule has 0 saturated carbocycles. The van der Waals surface area contributed by atoms with Crippen molar-refractivity contribution in [1.82, 2.24) is 0 Å². The van der Waals surface area contributed by atoms with Crippen LogP contribution in [0.15, 0.2) is 48.5 Å². The van der Waals surface area contributed by atoms with Gasteiger partial charge in [0.1, 0.15) is 11.5 Å². The molecule has 0 saturated heterocycles. The van der Waals surface area contributed by atoms with Crippen molar-refractivity contribution in [3.63, 3.8) is 0 Å². The van der Waals surface area contributed by atoms with Gasteiger partial charge < -0.3 is 20.3 Å². The van der Waals surface area contributed by atoms with Crippen LogP contribution >= 0.6 is 0 Å². The van der Waals surface area contributed by atoms with Crippen LogP contribution in [-0.4, -0.2) is 24.7 Å². The zero-order valence-electron chi connectivity index (χ0n) is 13.0. The maximum absolute atomic E-state index is 12.4. The van der Waals surface area contributed by atoms with Crippen molar-refractivity contribution in [2.45, 2.75) is 24.9 Å². The van der Waals surface area contributed by atoms with Crippen LogP contribution in [0.2, 0.25) is 0 Å². The lowest BCUT2D eigenvalue weighted by Crippen LogP contribution is -2.28. The van der Waals surface area contributed by atoms with E-state index >= 15 is 0 Å². The van der Waals surface area contributed by atoms with E-state index in [1.54, 1.807) is 0 Å². The second-order valence-electron chi connectivity index (χ2n) is 5.23. The lowest BCUT2D eigenvalue weighted by Gasteiger charge is -2.22. The molecule has 0 aliphatic heterocycles. The van der Waals surface area contributed by atoms with E-state index in [-0.39, 0.29) is 17.7 Å². The number of aliphatic hydroxyl groups is 1. The van der Waals surface area contributed by atoms with Crippen molar-refractivity contribution < 1.29 is 27.8 Å². The summed E-state index contributed by atoms with van der Waals surface area (Å²) in [5.41, 5.74) is 7.13. The molecule has 0 bridgehead atoms. The molecule has 4 nitrogen and oxygen atoms in total. The first kappa shape index (κ1) is 18.1. The lowest BCUT2D eigenvalue weighted by atomic mass is 9.96. The molecule has 2 aromatic rings. The summed E-state index contributed by atoms with van der Waals surface area (Å²) in [4.78, 5) is 0. The zero-order valence-corrected chi connectivity index (χ0v) is 13.0. The molecule has 0 amide bonds. The minimum Gasteiger partial charge on any atom is -0.496 e. The molecular formula is C17H18F3NO3. The fourth-order valence-corrected chi connectivity index (χ4v) is 2.36. The van der Waals surface area contributed by atoms with Gasteiger partial charge >= 0.3 is 6.36 Å². The fourth-order valence-electron chi connectivity index (χ4n) is 2.36. The monoisotopic (exact) mass is 341 g/mol. The van der Waals surface area contributed by atoms with Gasteiger partial charge in [0.2, 0.25) is 0 Å². The molecule has 0 heterocycles. The average Bonchev–Trinajstić information content (AvgIpc) is 2.53. The molecule has 2 aromatic carbocycles. The van der Waals surface area contributed by atoms with Gasteiger partial charge in [0.05, 0.1) is 19.3 Å². The SMILES string of the molecule is COc1ccc(OC(F)(F)F)cc1[C@H](N)[C@H](O)Cc1ccccc1. The van der Waals surface area contributed by atoms with Crippen LogP contribution in [0.25, 0.3) is 0 Å². The Hall–Kier alpha value is -2.25. The van der Waals surface area contributed by atoms with Gasteiger partial charge in [0.25, 0.3) is 0 Å². The van der Waals surface area contributed by atoms with Gasteiger partial charge in [0, 0.05) is 12.0 Å². The molecule has 0 aromatic heterocycles. The highest BCUT2D eigenvalue weighted by molar-refractivity contribution is 5.43. The quantitative estimate of drug-likeness (QED) is 0.847. The molecule has 0 fully saturated rings. The molecule has 2 atom stereocenters. The summed E-state index contributed by atoms with van der Waals surface area (Å²) in [5.74, 6) is -0.134. The summed E-state index contributed by atoms with van der Waals surface area (Å²) in [6.07, 6.45) is -5.55. The number of halogens is 3. The highest BCUT2D eigenvalue weighted by atomic mass is 19.4. The lowest BCUT2D eigenvalue weighted by molar-refractivity contribution is -0.274. The van der Waals surface area contributed by atoms with E-state index in [1.807, 2.05) is 30.3 Å². The number of alkyl halides is 3. The molecule has 130 valence electrons. The van der Waals surface area contributed by atoms with Crippen molar-refractivity contribution in [1.29, 1.82) is 0 Å². The molecular weight excluding hydrogens is 323 g/mol. The Morgan fingerprint density at radius 3 is 2.38 bits per heavy atom. The number of aliphatic hydroxyl groups excluding tert-OH is 1. The number of benzene rings is 2. The van der Waals surface area contributed by atoms with Crippen LogP contribution in [0.5, 0.6) is 11.5 Å². The van der Waals surface area contributed by atoms with Gasteiger partial charge in [-0.1, -0.05) is 30.3 Å². The van der Waals surface area contributed by atoms with E-state index in [1.165, 1.54) is 13.2 Å². The molecule has 7 heteroatoms. The third-order valence-electron chi connectivity index (χ3n) is 3.50. The normalized spacial score (nSPS) is 14.1. The smallest absolute Gasteiger partial charge is 0.496 e. The van der Waals surface area contributed by atoms with E-state index in [4.69, 9.17) is 10.5 Å². The Morgan fingerprint density at radius 1 is 1.12 bits per heavy atom. The van der Waals surface area contributed by atoms with Gasteiger partial charge in [-0.15, -0.1) is 13.2 Å². The standard InChI is InChI=1S/C17H18F3NO3/c1-23-15-8-7-12(24-17(18,19)20)10-13(15)16(21)14(22)9-11-5-3-2-4-6-11/h2-8,10,14,16,22H,9,21H2,1H3/t14-,16+/m1/s1. The van der Waals surface area contributed by atoms with Crippen LogP contribution in [0, 0.1) is 0 Å². The number of nitrogens with two attached hydrogens (primary N) is 1. The summed E-state index contributed by atoms with van der Waals surface area (Å²) in [6, 6.07) is 11.8. The average molecular weight is 341 g/mol. The second kappa shape index (κ2) is 7.55. The van der Waals surface area contributed by atoms with Crippen LogP contribution in [0.3, 0.4) is 0 Å². The van der Waals surface area contributed by atoms with Gasteiger partial charge in [-0.2, -0.15) is 0 Å². The number of hydrogen-bond acceptors (Lipinski definition) is 4. The zero-order chi connectivity index (χ0) is 17.7. The molecule has 24 heavy (non-hydrogen) atoms. The van der Waals surface area contributed by atoms with Gasteiger partial charge in [-0.05, 0) is 23.8 Å². The topological polar surface area (TPSA) is 64.7 Å². The highest BCUT2D eigenvalue weighted by Gasteiger charge is 2.32. The van der Waals surface area contributed by atoms with Gasteiger partial charge in [-0.3, -0.25) is 0 Å². The van der Waals surface area contributed by atoms with Crippen LogP contribution < -0.4 is 15.2 Å². The maximum Gasteiger partial charge on any atom is 0.573 e. The van der Waals surface area contributed by atoms with E-state index < -0.39 is 24.3 Å². The number of hydrogen-bond donors (Lipinski definition) is 2. The largest absolute Gasteiger partial charge is 0.573 e. The minimum absolute atomic E-state index is 0.239. The minimum atomic E-state index is -4.81. The predicted molar refractivity (Wildman–Crippen MR) is 82.8 cm³/mol. The van der Waals surface area contributed by atoms with Crippen LogP contribution in [-0.2, 0) is 6.42 Å². The first-order valence-corrected chi connectivity index (χ1v) is 7.21. The van der Waals surface area contributed by atoms with Crippen molar-refractivity contribution in [2.75, 3.05) is 7.11 Å². The van der Waals surface area contributed by atoms with E-state index in [0.29, 0.717) is 0 Å². The summed E-state index contributed by atoms with van der Waals surface area (Å²) in [5, 5.41) is 10.3. The molecule has 0 aliphatic carbocycles. The fraction of sp³-hybridized carbons (Fsp3) is 0.294. The Labute approximate surface area is 137 Å². The third-order valence-corrected chi connectivity index (χ3v) is 3.50.